The van der Waals surface area contributed by atoms with Gasteiger partial charge in [-0.05, 0) is 41.8 Å². The van der Waals surface area contributed by atoms with Crippen molar-refractivity contribution in [2.75, 3.05) is 11.9 Å². The monoisotopic (exact) mass is 399 g/mol. The van der Waals surface area contributed by atoms with Gasteiger partial charge >= 0.3 is 6.03 Å². The van der Waals surface area contributed by atoms with Crippen molar-refractivity contribution >= 4 is 22.9 Å². The number of nitrogens with zero attached hydrogens (tertiary/aromatic N) is 3. The molecule has 0 spiro atoms. The fourth-order valence-corrected chi connectivity index (χ4v) is 3.42. The molecule has 0 saturated heterocycles. The molecule has 2 amide bonds. The maximum atomic E-state index is 12.2. The molecule has 0 bridgehead atoms. The van der Waals surface area contributed by atoms with Crippen LogP contribution in [0.2, 0.25) is 0 Å². The first kappa shape index (κ1) is 19.6. The molecule has 0 fully saturated rings. The number of anilines is 1. The third-order valence-electron chi connectivity index (χ3n) is 5.02. The molecular formula is C24H25N5O. The summed E-state index contributed by atoms with van der Waals surface area (Å²) in [6.45, 7) is 3.28. The second kappa shape index (κ2) is 9.22. The van der Waals surface area contributed by atoms with Gasteiger partial charge in [0.2, 0.25) is 0 Å². The molecule has 0 aliphatic rings. The van der Waals surface area contributed by atoms with E-state index in [4.69, 9.17) is 4.98 Å². The van der Waals surface area contributed by atoms with Gasteiger partial charge in [-0.3, -0.25) is 0 Å². The van der Waals surface area contributed by atoms with Crippen molar-refractivity contribution in [1.29, 1.82) is 0 Å². The second-order valence-electron chi connectivity index (χ2n) is 7.13. The molecule has 2 aromatic carbocycles. The molecule has 4 aromatic rings. The summed E-state index contributed by atoms with van der Waals surface area (Å²) in [7, 11) is 0. The van der Waals surface area contributed by atoms with Gasteiger partial charge in [0.25, 0.3) is 0 Å². The second-order valence-corrected chi connectivity index (χ2v) is 7.13. The predicted molar refractivity (Wildman–Crippen MR) is 120 cm³/mol. The number of aromatic nitrogens is 3. The number of hydrogen-bond acceptors (Lipinski definition) is 3. The van der Waals surface area contributed by atoms with Crippen molar-refractivity contribution in [2.24, 2.45) is 0 Å². The SMILES string of the molecule is CCc1ccc(NC(=O)NCCc2nc3cccnc3n2Cc2ccccc2)cc1. The Morgan fingerprint density at radius 2 is 1.77 bits per heavy atom. The molecule has 0 saturated carbocycles. The average molecular weight is 399 g/mol. The Labute approximate surface area is 176 Å². The van der Waals surface area contributed by atoms with Gasteiger partial charge in [-0.2, -0.15) is 0 Å². The number of aryl methyl sites for hydroxylation is 1. The van der Waals surface area contributed by atoms with Crippen molar-refractivity contribution in [3.05, 3.63) is 89.9 Å². The van der Waals surface area contributed by atoms with Gasteiger partial charge in [0, 0.05) is 24.8 Å². The van der Waals surface area contributed by atoms with E-state index in [1.807, 2.05) is 54.6 Å². The molecule has 30 heavy (non-hydrogen) atoms. The first-order valence-electron chi connectivity index (χ1n) is 10.2. The summed E-state index contributed by atoms with van der Waals surface area (Å²) in [5.41, 5.74) is 4.93. The van der Waals surface area contributed by atoms with Crippen molar-refractivity contribution in [1.82, 2.24) is 19.9 Å². The number of hydrogen-bond donors (Lipinski definition) is 2. The maximum Gasteiger partial charge on any atom is 0.319 e. The third kappa shape index (κ3) is 4.66. The number of amides is 2. The summed E-state index contributed by atoms with van der Waals surface area (Å²) in [6, 6.07) is 21.8. The van der Waals surface area contributed by atoms with Crippen molar-refractivity contribution in [3.63, 3.8) is 0 Å². The number of carbonyl (C=O) groups excluding carboxylic acids is 1. The highest BCUT2D eigenvalue weighted by atomic mass is 16.2. The lowest BCUT2D eigenvalue weighted by atomic mass is 10.1. The Balaban J connectivity index is 1.41. The standard InChI is InChI=1S/C24H25N5O/c1-2-18-10-12-20(13-11-18)27-24(30)26-16-14-22-28-21-9-6-15-25-23(21)29(22)17-19-7-4-3-5-8-19/h3-13,15H,2,14,16-17H2,1H3,(H2,26,27,30). The molecule has 0 aliphatic heterocycles. The Kier molecular flexibility index (Phi) is 6.03. The average Bonchev–Trinajstić information content (AvgIpc) is 3.12. The summed E-state index contributed by atoms with van der Waals surface area (Å²) < 4.78 is 2.12. The van der Waals surface area contributed by atoms with E-state index in [1.54, 1.807) is 6.20 Å². The van der Waals surface area contributed by atoms with Crippen molar-refractivity contribution in [3.8, 4) is 0 Å². The largest absolute Gasteiger partial charge is 0.337 e. The smallest absolute Gasteiger partial charge is 0.319 e. The van der Waals surface area contributed by atoms with Gasteiger partial charge in [-0.25, -0.2) is 14.8 Å². The molecular weight excluding hydrogens is 374 g/mol. The number of urea groups is 1. The van der Waals surface area contributed by atoms with Gasteiger partial charge in [0.15, 0.2) is 5.65 Å². The maximum absolute atomic E-state index is 12.2. The van der Waals surface area contributed by atoms with Crippen LogP contribution >= 0.6 is 0 Å². The number of fused-ring (bicyclic) bond motifs is 1. The normalized spacial score (nSPS) is 10.8. The Bertz CT molecular complexity index is 1120. The molecule has 2 aromatic heterocycles. The van der Waals surface area contributed by atoms with E-state index in [-0.39, 0.29) is 6.03 Å². The lowest BCUT2D eigenvalue weighted by Crippen LogP contribution is -2.31. The number of nitrogens with one attached hydrogen (secondary N) is 2. The van der Waals surface area contributed by atoms with Gasteiger partial charge < -0.3 is 15.2 Å². The van der Waals surface area contributed by atoms with Gasteiger partial charge in [0.1, 0.15) is 11.3 Å². The van der Waals surface area contributed by atoms with Gasteiger partial charge in [-0.15, -0.1) is 0 Å². The summed E-state index contributed by atoms with van der Waals surface area (Å²) >= 11 is 0. The highest BCUT2D eigenvalue weighted by Gasteiger charge is 2.12. The molecule has 152 valence electrons. The molecule has 0 aliphatic carbocycles. The summed E-state index contributed by atoms with van der Waals surface area (Å²) in [5, 5.41) is 5.79. The van der Waals surface area contributed by atoms with E-state index >= 15 is 0 Å². The highest BCUT2D eigenvalue weighted by Crippen LogP contribution is 2.16. The van der Waals surface area contributed by atoms with E-state index in [0.717, 1.165) is 29.1 Å². The summed E-state index contributed by atoms with van der Waals surface area (Å²) in [4.78, 5) is 21.5. The molecule has 4 rings (SSSR count). The third-order valence-corrected chi connectivity index (χ3v) is 5.02. The van der Waals surface area contributed by atoms with Crippen LogP contribution in [-0.4, -0.2) is 27.1 Å². The zero-order valence-electron chi connectivity index (χ0n) is 17.0. The van der Waals surface area contributed by atoms with Crippen LogP contribution in [0.15, 0.2) is 72.9 Å². The van der Waals surface area contributed by atoms with Crippen LogP contribution in [0.3, 0.4) is 0 Å². The van der Waals surface area contributed by atoms with Crippen LogP contribution in [0.5, 0.6) is 0 Å². The molecule has 0 radical (unpaired) electrons. The number of pyridine rings is 1. The molecule has 6 nitrogen and oxygen atoms in total. The topological polar surface area (TPSA) is 71.8 Å². The quantitative estimate of drug-likeness (QED) is 0.484. The highest BCUT2D eigenvalue weighted by molar-refractivity contribution is 5.89. The summed E-state index contributed by atoms with van der Waals surface area (Å²) in [6.07, 6.45) is 3.38. The fourth-order valence-electron chi connectivity index (χ4n) is 3.42. The van der Waals surface area contributed by atoms with Crippen LogP contribution in [-0.2, 0) is 19.4 Å². The molecule has 2 N–H and O–H groups in total. The Morgan fingerprint density at radius 1 is 0.967 bits per heavy atom. The fraction of sp³-hybridized carbons (Fsp3) is 0.208. The summed E-state index contributed by atoms with van der Waals surface area (Å²) in [5.74, 6) is 0.903. The number of benzene rings is 2. The van der Waals surface area contributed by atoms with E-state index in [2.05, 4.69) is 39.2 Å². The number of rotatable bonds is 7. The van der Waals surface area contributed by atoms with E-state index in [1.165, 1.54) is 11.1 Å². The lowest BCUT2D eigenvalue weighted by Gasteiger charge is -2.10. The zero-order chi connectivity index (χ0) is 20.8. The minimum absolute atomic E-state index is 0.219. The number of imidazole rings is 1. The Morgan fingerprint density at radius 3 is 2.53 bits per heavy atom. The van der Waals surface area contributed by atoms with E-state index in [0.29, 0.717) is 19.5 Å². The van der Waals surface area contributed by atoms with Gasteiger partial charge in [-0.1, -0.05) is 49.4 Å². The van der Waals surface area contributed by atoms with Crippen molar-refractivity contribution < 1.29 is 4.79 Å². The van der Waals surface area contributed by atoms with Crippen LogP contribution in [0, 0.1) is 0 Å². The zero-order valence-corrected chi connectivity index (χ0v) is 17.0. The van der Waals surface area contributed by atoms with Crippen molar-refractivity contribution in [2.45, 2.75) is 26.3 Å². The first-order valence-corrected chi connectivity index (χ1v) is 10.2. The Hall–Kier alpha value is -3.67. The van der Waals surface area contributed by atoms with Gasteiger partial charge in [0.05, 0.1) is 6.54 Å². The predicted octanol–water partition coefficient (Wildman–Crippen LogP) is 4.41. The van der Waals surface area contributed by atoms with Crippen LogP contribution < -0.4 is 10.6 Å². The van der Waals surface area contributed by atoms with Crippen LogP contribution in [0.4, 0.5) is 10.5 Å². The van der Waals surface area contributed by atoms with Crippen LogP contribution in [0.1, 0.15) is 23.9 Å². The lowest BCUT2D eigenvalue weighted by molar-refractivity contribution is 0.252. The molecule has 0 unspecified atom stereocenters. The minimum Gasteiger partial charge on any atom is -0.337 e. The van der Waals surface area contributed by atoms with E-state index < -0.39 is 0 Å². The number of carbonyl (C=O) groups is 1. The van der Waals surface area contributed by atoms with Crippen LogP contribution in [0.25, 0.3) is 11.2 Å². The molecule has 0 atom stereocenters. The molecule has 2 heterocycles. The van der Waals surface area contributed by atoms with E-state index in [9.17, 15) is 4.79 Å². The first-order chi connectivity index (χ1) is 14.7. The molecule has 6 heteroatoms. The minimum atomic E-state index is -0.219.